The molecule has 5 heteroatoms. The second-order valence-electron chi connectivity index (χ2n) is 5.11. The van der Waals surface area contributed by atoms with E-state index in [2.05, 4.69) is 21.2 Å². The first-order chi connectivity index (χ1) is 9.83. The number of nitrogens with two attached hydrogens (primary N) is 1. The molecule has 3 N–H and O–H groups in total. The number of hydrogen-bond acceptors (Lipinski definition) is 2. The Morgan fingerprint density at radius 2 is 1.86 bits per heavy atom. The molecule has 2 aromatic rings. The lowest BCUT2D eigenvalue weighted by molar-refractivity contribution is -0.122. The standard InChI is InChI=1S/C16H16BrFN2O/c1-10-3-6-12(7-4-10)20-16(2,15(19)21)11-5-8-14(18)13(17)9-11/h3-9,20H,1-2H3,(H2,19,21). The topological polar surface area (TPSA) is 55.1 Å². The van der Waals surface area contributed by atoms with Crippen LogP contribution in [0.15, 0.2) is 46.9 Å². The van der Waals surface area contributed by atoms with Crippen molar-refractivity contribution in [3.8, 4) is 0 Å². The van der Waals surface area contributed by atoms with Gasteiger partial charge in [-0.15, -0.1) is 0 Å². The zero-order valence-corrected chi connectivity index (χ0v) is 13.4. The van der Waals surface area contributed by atoms with Gasteiger partial charge in [-0.25, -0.2) is 4.39 Å². The summed E-state index contributed by atoms with van der Waals surface area (Å²) in [4.78, 5) is 11.9. The Morgan fingerprint density at radius 1 is 1.24 bits per heavy atom. The zero-order valence-electron chi connectivity index (χ0n) is 11.8. The van der Waals surface area contributed by atoms with Crippen molar-refractivity contribution >= 4 is 27.5 Å². The van der Waals surface area contributed by atoms with Crippen molar-refractivity contribution < 1.29 is 9.18 Å². The van der Waals surface area contributed by atoms with Gasteiger partial charge in [0.05, 0.1) is 4.47 Å². The summed E-state index contributed by atoms with van der Waals surface area (Å²) in [5.41, 5.74) is 6.89. The first kappa shape index (κ1) is 15.5. The third-order valence-corrected chi connectivity index (χ3v) is 4.04. The Kier molecular flexibility index (Phi) is 4.32. The highest BCUT2D eigenvalue weighted by molar-refractivity contribution is 9.10. The molecule has 110 valence electrons. The number of nitrogens with one attached hydrogen (secondary N) is 1. The molecular weight excluding hydrogens is 335 g/mol. The molecule has 0 fully saturated rings. The lowest BCUT2D eigenvalue weighted by Gasteiger charge is -2.29. The molecule has 0 spiro atoms. The number of carbonyl (C=O) groups excluding carboxylic acids is 1. The van der Waals surface area contributed by atoms with Gasteiger partial charge in [0, 0.05) is 5.69 Å². The van der Waals surface area contributed by atoms with Gasteiger partial charge in [0.1, 0.15) is 11.4 Å². The molecule has 0 aliphatic rings. The Hall–Kier alpha value is -1.88. The summed E-state index contributed by atoms with van der Waals surface area (Å²) >= 11 is 3.13. The van der Waals surface area contributed by atoms with Gasteiger partial charge in [0.25, 0.3) is 0 Å². The van der Waals surface area contributed by atoms with Crippen LogP contribution in [0.25, 0.3) is 0 Å². The number of benzene rings is 2. The quantitative estimate of drug-likeness (QED) is 0.882. The summed E-state index contributed by atoms with van der Waals surface area (Å²) < 4.78 is 13.7. The fourth-order valence-electron chi connectivity index (χ4n) is 2.01. The number of aryl methyl sites for hydroxylation is 1. The second-order valence-corrected chi connectivity index (χ2v) is 5.96. The van der Waals surface area contributed by atoms with Crippen LogP contribution in [-0.2, 0) is 10.3 Å². The van der Waals surface area contributed by atoms with Crippen molar-refractivity contribution in [2.24, 2.45) is 5.73 Å². The van der Waals surface area contributed by atoms with Gasteiger partial charge in [0.2, 0.25) is 5.91 Å². The summed E-state index contributed by atoms with van der Waals surface area (Å²) in [5, 5.41) is 3.13. The number of rotatable bonds is 4. The summed E-state index contributed by atoms with van der Waals surface area (Å²) in [5.74, 6) is -0.928. The van der Waals surface area contributed by atoms with Crippen molar-refractivity contribution in [3.05, 3.63) is 63.9 Å². The van der Waals surface area contributed by atoms with Crippen molar-refractivity contribution in [1.82, 2.24) is 0 Å². The molecule has 0 heterocycles. The van der Waals surface area contributed by atoms with Crippen LogP contribution in [-0.4, -0.2) is 5.91 Å². The van der Waals surface area contributed by atoms with E-state index in [1.54, 1.807) is 19.1 Å². The summed E-state index contributed by atoms with van der Waals surface area (Å²) in [6, 6.07) is 12.0. The van der Waals surface area contributed by atoms with Crippen molar-refractivity contribution in [1.29, 1.82) is 0 Å². The Labute approximate surface area is 131 Å². The third kappa shape index (κ3) is 3.24. The molecule has 1 unspecified atom stereocenters. The molecule has 0 bridgehead atoms. The zero-order chi connectivity index (χ0) is 15.6. The van der Waals surface area contributed by atoms with Crippen LogP contribution in [0, 0.1) is 12.7 Å². The summed E-state index contributed by atoms with van der Waals surface area (Å²) in [7, 11) is 0. The van der Waals surface area contributed by atoms with Crippen LogP contribution in [0.4, 0.5) is 10.1 Å². The second kappa shape index (κ2) is 5.85. The predicted octanol–water partition coefficient (Wildman–Crippen LogP) is 3.71. The number of anilines is 1. The van der Waals surface area contributed by atoms with Crippen molar-refractivity contribution in [3.63, 3.8) is 0 Å². The van der Waals surface area contributed by atoms with E-state index in [0.29, 0.717) is 5.56 Å². The lowest BCUT2D eigenvalue weighted by Crippen LogP contribution is -2.45. The normalized spacial score (nSPS) is 13.5. The molecule has 0 saturated carbocycles. The van der Waals surface area contributed by atoms with Crippen LogP contribution in [0.5, 0.6) is 0 Å². The SMILES string of the molecule is Cc1ccc(NC(C)(C(N)=O)c2ccc(F)c(Br)c2)cc1. The highest BCUT2D eigenvalue weighted by Gasteiger charge is 2.33. The monoisotopic (exact) mass is 350 g/mol. The number of primary amides is 1. The van der Waals surface area contributed by atoms with Crippen LogP contribution in [0.1, 0.15) is 18.1 Å². The van der Waals surface area contributed by atoms with Gasteiger partial charge >= 0.3 is 0 Å². The maximum atomic E-state index is 13.4. The van der Waals surface area contributed by atoms with Crippen LogP contribution in [0.3, 0.4) is 0 Å². The lowest BCUT2D eigenvalue weighted by atomic mass is 9.90. The van der Waals surface area contributed by atoms with Crippen LogP contribution in [0.2, 0.25) is 0 Å². The number of carbonyl (C=O) groups is 1. The molecule has 3 nitrogen and oxygen atoms in total. The van der Waals surface area contributed by atoms with Gasteiger partial charge in [-0.05, 0) is 59.6 Å². The fraction of sp³-hybridized carbons (Fsp3) is 0.188. The van der Waals surface area contributed by atoms with Gasteiger partial charge in [-0.1, -0.05) is 23.8 Å². The molecule has 0 radical (unpaired) electrons. The molecule has 0 saturated heterocycles. The molecule has 0 aliphatic heterocycles. The van der Waals surface area contributed by atoms with E-state index in [1.165, 1.54) is 6.07 Å². The fourth-order valence-corrected chi connectivity index (χ4v) is 2.39. The number of amides is 1. The Balaban J connectivity index is 2.42. The maximum absolute atomic E-state index is 13.4. The third-order valence-electron chi connectivity index (χ3n) is 3.44. The average Bonchev–Trinajstić information content (AvgIpc) is 2.44. The van der Waals surface area contributed by atoms with Gasteiger partial charge in [-0.3, -0.25) is 4.79 Å². The molecule has 21 heavy (non-hydrogen) atoms. The Bertz CT molecular complexity index is 672. The van der Waals surface area contributed by atoms with Crippen molar-refractivity contribution in [2.75, 3.05) is 5.32 Å². The van der Waals surface area contributed by atoms with Crippen LogP contribution < -0.4 is 11.1 Å². The van der Waals surface area contributed by atoms with E-state index in [1.807, 2.05) is 31.2 Å². The number of hydrogen-bond donors (Lipinski definition) is 2. The molecule has 0 aliphatic carbocycles. The van der Waals surface area contributed by atoms with E-state index >= 15 is 0 Å². The maximum Gasteiger partial charge on any atom is 0.247 e. The molecule has 1 atom stereocenters. The van der Waals surface area contributed by atoms with E-state index in [9.17, 15) is 9.18 Å². The summed E-state index contributed by atoms with van der Waals surface area (Å²) in [6.07, 6.45) is 0. The van der Waals surface area contributed by atoms with Crippen LogP contribution >= 0.6 is 15.9 Å². The molecule has 1 amide bonds. The molecule has 0 aromatic heterocycles. The summed E-state index contributed by atoms with van der Waals surface area (Å²) in [6.45, 7) is 3.66. The molecule has 2 aromatic carbocycles. The van der Waals surface area contributed by atoms with Gasteiger partial charge in [-0.2, -0.15) is 0 Å². The smallest absolute Gasteiger partial charge is 0.247 e. The minimum atomic E-state index is -1.13. The van der Waals surface area contributed by atoms with E-state index in [4.69, 9.17) is 5.73 Å². The first-order valence-corrected chi connectivity index (χ1v) is 7.22. The van der Waals surface area contributed by atoms with E-state index in [0.717, 1.165) is 11.3 Å². The van der Waals surface area contributed by atoms with Crippen molar-refractivity contribution in [2.45, 2.75) is 19.4 Å². The largest absolute Gasteiger partial charge is 0.368 e. The highest BCUT2D eigenvalue weighted by atomic mass is 79.9. The average molecular weight is 351 g/mol. The molecular formula is C16H16BrFN2O. The highest BCUT2D eigenvalue weighted by Crippen LogP contribution is 2.29. The molecule has 2 rings (SSSR count). The number of halogens is 2. The Morgan fingerprint density at radius 3 is 2.38 bits per heavy atom. The van der Waals surface area contributed by atoms with Gasteiger partial charge < -0.3 is 11.1 Å². The minimum Gasteiger partial charge on any atom is -0.368 e. The van der Waals surface area contributed by atoms with Gasteiger partial charge in [0.15, 0.2) is 0 Å². The minimum absolute atomic E-state index is 0.290. The predicted molar refractivity (Wildman–Crippen MR) is 85.4 cm³/mol. The van der Waals surface area contributed by atoms with E-state index in [-0.39, 0.29) is 10.3 Å². The first-order valence-electron chi connectivity index (χ1n) is 6.43. The van der Waals surface area contributed by atoms with E-state index < -0.39 is 11.4 Å².